The molecular formula is C8H14F2OSi. The fraction of sp³-hybridized carbons (Fsp3) is 1.00. The zero-order chi connectivity index (χ0) is 8.60. The summed E-state index contributed by atoms with van der Waals surface area (Å²) < 4.78 is 28.9. The van der Waals surface area contributed by atoms with E-state index >= 15 is 0 Å². The molecule has 1 aliphatic carbocycles. The summed E-state index contributed by atoms with van der Waals surface area (Å²) in [6.45, 7) is -0.346. The van der Waals surface area contributed by atoms with Crippen LogP contribution in [0.3, 0.4) is 0 Å². The first-order chi connectivity index (χ1) is 5.73. The highest BCUT2D eigenvalue weighted by atomic mass is 28.2. The molecule has 2 fully saturated rings. The Labute approximate surface area is 73.3 Å². The summed E-state index contributed by atoms with van der Waals surface area (Å²) in [4.78, 5) is 0. The van der Waals surface area contributed by atoms with Gasteiger partial charge in [0.05, 0.1) is 6.10 Å². The second-order valence-electron chi connectivity index (χ2n) is 3.97. The van der Waals surface area contributed by atoms with Crippen LogP contribution in [-0.4, -0.2) is 28.7 Å². The Kier molecular flexibility index (Phi) is 2.21. The zero-order valence-electron chi connectivity index (χ0n) is 7.06. The molecule has 2 aliphatic rings. The van der Waals surface area contributed by atoms with Crippen molar-refractivity contribution in [1.82, 2.24) is 0 Å². The lowest BCUT2D eigenvalue weighted by Gasteiger charge is -2.18. The average molecular weight is 192 g/mol. The molecule has 1 heterocycles. The van der Waals surface area contributed by atoms with Crippen LogP contribution in [0.1, 0.15) is 19.3 Å². The molecule has 70 valence electrons. The Morgan fingerprint density at radius 3 is 2.92 bits per heavy atom. The largest absolute Gasteiger partial charge is 0.372 e. The van der Waals surface area contributed by atoms with Crippen LogP contribution in [0.15, 0.2) is 0 Å². The first-order valence-electron chi connectivity index (χ1n) is 4.63. The molecule has 1 spiro atoms. The summed E-state index contributed by atoms with van der Waals surface area (Å²) in [7, 11) is 0.0741. The maximum absolute atomic E-state index is 11.8. The van der Waals surface area contributed by atoms with E-state index in [9.17, 15) is 8.78 Å². The van der Waals surface area contributed by atoms with Crippen molar-refractivity contribution in [3.05, 3.63) is 0 Å². The second kappa shape index (κ2) is 3.07. The van der Waals surface area contributed by atoms with Gasteiger partial charge in [-0.15, -0.1) is 0 Å². The number of ether oxygens (including phenoxy) is 1. The second-order valence-corrected chi connectivity index (χ2v) is 6.38. The molecule has 0 unspecified atom stereocenters. The topological polar surface area (TPSA) is 9.23 Å². The number of hydrogen-bond acceptors (Lipinski definition) is 1. The van der Waals surface area contributed by atoms with Gasteiger partial charge in [0.2, 0.25) is 0 Å². The summed E-state index contributed by atoms with van der Waals surface area (Å²) in [5.41, 5.74) is 0. The van der Waals surface area contributed by atoms with E-state index in [-0.39, 0.29) is 22.2 Å². The third-order valence-corrected chi connectivity index (χ3v) is 5.73. The van der Waals surface area contributed by atoms with Crippen LogP contribution in [0.5, 0.6) is 0 Å². The molecule has 0 aromatic heterocycles. The van der Waals surface area contributed by atoms with Gasteiger partial charge in [0.15, 0.2) is 0 Å². The Hall–Kier alpha value is 0.0369. The Bertz CT molecular complexity index is 170. The third kappa shape index (κ3) is 1.54. The summed E-state index contributed by atoms with van der Waals surface area (Å²) in [5, 5.41) is 0.481. The molecule has 0 aromatic carbocycles. The van der Waals surface area contributed by atoms with Gasteiger partial charge >= 0.3 is 0 Å². The highest BCUT2D eigenvalue weighted by Gasteiger charge is 2.53. The first kappa shape index (κ1) is 8.63. The fourth-order valence-corrected chi connectivity index (χ4v) is 4.33. The number of hydrogen-bond donors (Lipinski definition) is 0. The van der Waals surface area contributed by atoms with Crippen LogP contribution in [0.2, 0.25) is 11.1 Å². The number of rotatable bonds is 3. The maximum Gasteiger partial charge on any atom is 0.261 e. The van der Waals surface area contributed by atoms with E-state index in [1.165, 1.54) is 18.9 Å². The van der Waals surface area contributed by atoms with Gasteiger partial charge in [-0.2, -0.15) is 0 Å². The molecule has 1 aliphatic heterocycles. The van der Waals surface area contributed by atoms with Crippen molar-refractivity contribution >= 4 is 9.52 Å². The van der Waals surface area contributed by atoms with Crippen molar-refractivity contribution in [2.45, 2.75) is 42.9 Å². The van der Waals surface area contributed by atoms with Crippen molar-refractivity contribution in [2.75, 3.05) is 6.61 Å². The average Bonchev–Trinajstić information content (AvgIpc) is 2.62. The van der Waals surface area contributed by atoms with Gasteiger partial charge in [0, 0.05) is 9.52 Å². The summed E-state index contributed by atoms with van der Waals surface area (Å²) in [6, 6.07) is 1.33. The standard InChI is InChI=1S/C8H14F2OSi/c9-7(10)4-11-6-2-1-3-8(6)5-12-8/h6-7H,1-5,12H2/t6-,8+/m1/s1. The quantitative estimate of drug-likeness (QED) is 0.617. The van der Waals surface area contributed by atoms with E-state index in [4.69, 9.17) is 4.74 Å². The third-order valence-electron chi connectivity index (χ3n) is 3.14. The lowest BCUT2D eigenvalue weighted by molar-refractivity contribution is -0.0274. The van der Waals surface area contributed by atoms with Crippen molar-refractivity contribution in [3.8, 4) is 0 Å². The SMILES string of the molecule is FC(F)CO[C@@H]1CCC[C@]12C[SiH2]2. The van der Waals surface area contributed by atoms with Gasteiger partial charge in [0.25, 0.3) is 6.43 Å². The van der Waals surface area contributed by atoms with Crippen LogP contribution < -0.4 is 0 Å². The molecule has 1 saturated carbocycles. The van der Waals surface area contributed by atoms with Gasteiger partial charge in [-0.05, 0) is 17.9 Å². The number of alkyl halides is 2. The summed E-state index contributed by atoms with van der Waals surface area (Å²) in [5.74, 6) is 0. The van der Waals surface area contributed by atoms with E-state index in [2.05, 4.69) is 0 Å². The Morgan fingerprint density at radius 1 is 1.58 bits per heavy atom. The fourth-order valence-electron chi connectivity index (χ4n) is 2.29. The van der Waals surface area contributed by atoms with Gasteiger partial charge < -0.3 is 4.74 Å². The van der Waals surface area contributed by atoms with E-state index in [1.807, 2.05) is 0 Å². The van der Waals surface area contributed by atoms with Crippen LogP contribution in [0.4, 0.5) is 8.78 Å². The summed E-state index contributed by atoms with van der Waals surface area (Å²) >= 11 is 0. The smallest absolute Gasteiger partial charge is 0.261 e. The monoisotopic (exact) mass is 192 g/mol. The van der Waals surface area contributed by atoms with E-state index in [0.717, 1.165) is 6.42 Å². The first-order valence-corrected chi connectivity index (χ1v) is 6.33. The predicted molar refractivity (Wildman–Crippen MR) is 45.6 cm³/mol. The van der Waals surface area contributed by atoms with Gasteiger partial charge in [-0.3, -0.25) is 0 Å². The van der Waals surface area contributed by atoms with E-state index in [1.54, 1.807) is 0 Å². The van der Waals surface area contributed by atoms with Crippen molar-refractivity contribution < 1.29 is 13.5 Å². The molecule has 4 heteroatoms. The molecular weight excluding hydrogens is 178 g/mol. The molecule has 2 rings (SSSR count). The molecule has 0 radical (unpaired) electrons. The van der Waals surface area contributed by atoms with Crippen LogP contribution in [0.25, 0.3) is 0 Å². The zero-order valence-corrected chi connectivity index (χ0v) is 8.48. The highest BCUT2D eigenvalue weighted by Crippen LogP contribution is 2.60. The molecule has 1 nitrogen and oxygen atoms in total. The number of halogens is 2. The predicted octanol–water partition coefficient (Wildman–Crippen LogP) is 1.58. The minimum absolute atomic E-state index is 0.0741. The Balaban J connectivity index is 1.80. The summed E-state index contributed by atoms with van der Waals surface area (Å²) in [6.07, 6.45) is 1.40. The lowest BCUT2D eigenvalue weighted by atomic mass is 10.1. The van der Waals surface area contributed by atoms with Crippen LogP contribution in [0, 0.1) is 0 Å². The van der Waals surface area contributed by atoms with Gasteiger partial charge in [-0.25, -0.2) is 8.78 Å². The van der Waals surface area contributed by atoms with Crippen molar-refractivity contribution in [3.63, 3.8) is 0 Å². The van der Waals surface area contributed by atoms with Crippen LogP contribution in [-0.2, 0) is 4.74 Å². The van der Waals surface area contributed by atoms with Crippen LogP contribution >= 0.6 is 0 Å². The molecule has 2 atom stereocenters. The van der Waals surface area contributed by atoms with Gasteiger partial charge in [-0.1, -0.05) is 12.5 Å². The maximum atomic E-state index is 11.8. The molecule has 0 bridgehead atoms. The molecule has 0 amide bonds. The Morgan fingerprint density at radius 2 is 2.33 bits per heavy atom. The molecule has 0 aromatic rings. The van der Waals surface area contributed by atoms with E-state index in [0.29, 0.717) is 5.04 Å². The minimum atomic E-state index is -2.29. The lowest BCUT2D eigenvalue weighted by Crippen LogP contribution is -2.19. The molecule has 12 heavy (non-hydrogen) atoms. The molecule has 0 N–H and O–H groups in total. The highest BCUT2D eigenvalue weighted by molar-refractivity contribution is 6.54. The minimum Gasteiger partial charge on any atom is -0.372 e. The van der Waals surface area contributed by atoms with Crippen molar-refractivity contribution in [2.24, 2.45) is 0 Å². The normalized spacial score (nSPS) is 41.8. The molecule has 1 saturated heterocycles. The van der Waals surface area contributed by atoms with Crippen molar-refractivity contribution in [1.29, 1.82) is 0 Å². The van der Waals surface area contributed by atoms with Gasteiger partial charge in [0.1, 0.15) is 6.61 Å². The van der Waals surface area contributed by atoms with E-state index < -0.39 is 6.43 Å².